The molecule has 1 aliphatic heterocycles. The number of nitrogens with one attached hydrogen (secondary N) is 1. The summed E-state index contributed by atoms with van der Waals surface area (Å²) < 4.78 is 39.4. The summed E-state index contributed by atoms with van der Waals surface area (Å²) in [6.45, 7) is 0.873. The molecule has 1 N–H and O–H groups in total. The summed E-state index contributed by atoms with van der Waals surface area (Å²) in [7, 11) is -3.70. The molecule has 0 radical (unpaired) electrons. The van der Waals surface area contributed by atoms with E-state index in [9.17, 15) is 8.42 Å². The number of sulfonamides is 1. The number of anilines is 1. The van der Waals surface area contributed by atoms with Crippen LogP contribution >= 0.6 is 11.3 Å². The molecule has 2 aromatic carbocycles. The molecule has 23 heavy (non-hydrogen) atoms. The molecule has 0 atom stereocenters. The number of fused-ring (bicyclic) bond motifs is 2. The van der Waals surface area contributed by atoms with Crippen LogP contribution in [0.2, 0.25) is 0 Å². The lowest BCUT2D eigenvalue weighted by Gasteiger charge is -2.19. The van der Waals surface area contributed by atoms with Crippen molar-refractivity contribution in [3.63, 3.8) is 0 Å². The summed E-state index contributed by atoms with van der Waals surface area (Å²) in [4.78, 5) is 4.30. The van der Waals surface area contributed by atoms with Gasteiger partial charge in [-0.05, 0) is 30.3 Å². The van der Waals surface area contributed by atoms with E-state index >= 15 is 0 Å². The summed E-state index contributed by atoms with van der Waals surface area (Å²) in [6.07, 6.45) is 0. The summed E-state index contributed by atoms with van der Waals surface area (Å²) in [6, 6.07) is 9.83. The standard InChI is InChI=1S/C15H12N2O4S2/c18-23(19,11-2-4-13-14(8-11)21-6-5-20-13)17-10-1-3-12-15(7-10)22-9-16-12/h1-4,7-9,17H,5-6H2. The highest BCUT2D eigenvalue weighted by molar-refractivity contribution is 7.92. The molecule has 0 amide bonds. The van der Waals surface area contributed by atoms with Crippen LogP contribution in [0.1, 0.15) is 0 Å². The van der Waals surface area contributed by atoms with Gasteiger partial charge in [-0.15, -0.1) is 11.3 Å². The second-order valence-corrected chi connectivity index (χ2v) is 7.51. The molecule has 0 fully saturated rings. The number of aromatic nitrogens is 1. The lowest BCUT2D eigenvalue weighted by molar-refractivity contribution is 0.171. The van der Waals surface area contributed by atoms with Gasteiger partial charge < -0.3 is 9.47 Å². The molecule has 0 spiro atoms. The van der Waals surface area contributed by atoms with Crippen LogP contribution in [-0.4, -0.2) is 26.6 Å². The zero-order valence-corrected chi connectivity index (χ0v) is 13.5. The Morgan fingerprint density at radius 2 is 1.87 bits per heavy atom. The lowest BCUT2D eigenvalue weighted by atomic mass is 10.3. The number of hydrogen-bond donors (Lipinski definition) is 1. The predicted octanol–water partition coefficient (Wildman–Crippen LogP) is 2.87. The van der Waals surface area contributed by atoms with Gasteiger partial charge in [0.15, 0.2) is 11.5 Å². The van der Waals surface area contributed by atoms with Gasteiger partial charge in [-0.2, -0.15) is 0 Å². The van der Waals surface area contributed by atoms with Crippen molar-refractivity contribution in [1.82, 2.24) is 4.98 Å². The molecule has 118 valence electrons. The van der Waals surface area contributed by atoms with Crippen molar-refractivity contribution >= 4 is 37.3 Å². The molecule has 1 aromatic heterocycles. The quantitative estimate of drug-likeness (QED) is 0.787. The van der Waals surface area contributed by atoms with Crippen molar-refractivity contribution in [3.05, 3.63) is 41.9 Å². The van der Waals surface area contributed by atoms with Gasteiger partial charge in [-0.1, -0.05) is 0 Å². The highest BCUT2D eigenvalue weighted by Crippen LogP contribution is 2.33. The smallest absolute Gasteiger partial charge is 0.262 e. The Labute approximate surface area is 136 Å². The van der Waals surface area contributed by atoms with Gasteiger partial charge in [-0.3, -0.25) is 4.72 Å². The third kappa shape index (κ3) is 2.71. The average Bonchev–Trinajstić information content (AvgIpc) is 3.01. The Hall–Kier alpha value is -2.32. The van der Waals surface area contributed by atoms with Gasteiger partial charge in [0.25, 0.3) is 10.0 Å². The highest BCUT2D eigenvalue weighted by Gasteiger charge is 2.19. The second-order valence-electron chi connectivity index (χ2n) is 4.95. The van der Waals surface area contributed by atoms with E-state index in [2.05, 4.69) is 9.71 Å². The fourth-order valence-electron chi connectivity index (χ4n) is 2.32. The fourth-order valence-corrected chi connectivity index (χ4v) is 4.10. The number of thiazole rings is 1. The predicted molar refractivity (Wildman–Crippen MR) is 87.9 cm³/mol. The normalized spacial score (nSPS) is 13.9. The number of benzene rings is 2. The number of rotatable bonds is 3. The van der Waals surface area contributed by atoms with Crippen LogP contribution in [0.4, 0.5) is 5.69 Å². The Morgan fingerprint density at radius 3 is 2.74 bits per heavy atom. The van der Waals surface area contributed by atoms with E-state index in [0.29, 0.717) is 30.4 Å². The Bertz CT molecular complexity index is 982. The van der Waals surface area contributed by atoms with Crippen molar-refractivity contribution in [2.45, 2.75) is 4.90 Å². The summed E-state index contributed by atoms with van der Waals surface area (Å²) in [5.41, 5.74) is 3.07. The number of hydrogen-bond acceptors (Lipinski definition) is 6. The van der Waals surface area contributed by atoms with Gasteiger partial charge in [-0.25, -0.2) is 13.4 Å². The van der Waals surface area contributed by atoms with Gasteiger partial charge in [0, 0.05) is 6.07 Å². The summed E-state index contributed by atoms with van der Waals surface area (Å²) >= 11 is 1.46. The monoisotopic (exact) mass is 348 g/mol. The topological polar surface area (TPSA) is 77.5 Å². The Kier molecular flexibility index (Phi) is 3.35. The first-order chi connectivity index (χ1) is 11.1. The first-order valence-corrected chi connectivity index (χ1v) is 9.24. The maximum absolute atomic E-state index is 12.5. The van der Waals surface area contributed by atoms with Gasteiger partial charge in [0.05, 0.1) is 26.3 Å². The van der Waals surface area contributed by atoms with Crippen LogP contribution in [0.25, 0.3) is 10.2 Å². The average molecular weight is 348 g/mol. The first-order valence-electron chi connectivity index (χ1n) is 6.87. The van der Waals surface area contributed by atoms with Gasteiger partial charge in [0.1, 0.15) is 13.2 Å². The molecule has 0 aliphatic carbocycles. The molecule has 0 saturated carbocycles. The van der Waals surface area contributed by atoms with Crippen molar-refractivity contribution in [2.24, 2.45) is 0 Å². The van der Waals surface area contributed by atoms with Crippen LogP contribution < -0.4 is 14.2 Å². The van der Waals surface area contributed by atoms with E-state index in [-0.39, 0.29) is 4.90 Å². The van der Waals surface area contributed by atoms with Crippen LogP contribution in [0.15, 0.2) is 46.8 Å². The van der Waals surface area contributed by atoms with Crippen LogP contribution in [-0.2, 0) is 10.0 Å². The zero-order valence-electron chi connectivity index (χ0n) is 11.9. The fraction of sp³-hybridized carbons (Fsp3) is 0.133. The molecule has 0 saturated heterocycles. The van der Waals surface area contributed by atoms with Crippen molar-refractivity contribution in [1.29, 1.82) is 0 Å². The zero-order chi connectivity index (χ0) is 15.9. The van der Waals surface area contributed by atoms with Crippen molar-refractivity contribution in [2.75, 3.05) is 17.9 Å². The van der Waals surface area contributed by atoms with E-state index in [1.807, 2.05) is 0 Å². The van der Waals surface area contributed by atoms with Crippen molar-refractivity contribution < 1.29 is 17.9 Å². The summed E-state index contributed by atoms with van der Waals surface area (Å²) in [5.74, 6) is 0.998. The number of ether oxygens (including phenoxy) is 2. The molecular weight excluding hydrogens is 336 g/mol. The third-order valence-corrected chi connectivity index (χ3v) is 5.58. The van der Waals surface area contributed by atoms with Gasteiger partial charge in [0.2, 0.25) is 0 Å². The van der Waals surface area contributed by atoms with Gasteiger partial charge >= 0.3 is 0 Å². The minimum Gasteiger partial charge on any atom is -0.486 e. The van der Waals surface area contributed by atoms with E-state index in [1.54, 1.807) is 29.8 Å². The second kappa shape index (κ2) is 5.39. The highest BCUT2D eigenvalue weighted by atomic mass is 32.2. The SMILES string of the molecule is O=S(=O)(Nc1ccc2ncsc2c1)c1ccc2c(c1)OCCO2. The van der Waals surface area contributed by atoms with E-state index in [1.165, 1.54) is 23.5 Å². The van der Waals surface area contributed by atoms with E-state index < -0.39 is 10.0 Å². The minimum absolute atomic E-state index is 0.131. The molecule has 4 rings (SSSR count). The molecule has 0 bridgehead atoms. The molecule has 0 unspecified atom stereocenters. The lowest BCUT2D eigenvalue weighted by Crippen LogP contribution is -2.17. The molecule has 8 heteroatoms. The first kappa shape index (κ1) is 14.3. The minimum atomic E-state index is -3.70. The number of nitrogens with zero attached hydrogens (tertiary/aromatic N) is 1. The molecule has 1 aliphatic rings. The largest absolute Gasteiger partial charge is 0.486 e. The van der Waals surface area contributed by atoms with E-state index in [0.717, 1.165) is 10.2 Å². The van der Waals surface area contributed by atoms with E-state index in [4.69, 9.17) is 9.47 Å². The molecule has 3 aromatic rings. The third-order valence-electron chi connectivity index (χ3n) is 3.41. The Balaban J connectivity index is 1.66. The van der Waals surface area contributed by atoms with Crippen molar-refractivity contribution in [3.8, 4) is 11.5 Å². The molecular formula is C15H12N2O4S2. The Morgan fingerprint density at radius 1 is 1.04 bits per heavy atom. The van der Waals surface area contributed by atoms with Crippen LogP contribution in [0, 0.1) is 0 Å². The van der Waals surface area contributed by atoms with Crippen LogP contribution in [0.5, 0.6) is 11.5 Å². The molecule has 6 nitrogen and oxygen atoms in total. The summed E-state index contributed by atoms with van der Waals surface area (Å²) in [5, 5.41) is 0. The maximum atomic E-state index is 12.5. The molecule has 2 heterocycles. The maximum Gasteiger partial charge on any atom is 0.262 e. The van der Waals surface area contributed by atoms with Crippen LogP contribution in [0.3, 0.4) is 0 Å².